The van der Waals surface area contributed by atoms with E-state index >= 15 is 0 Å². The van der Waals surface area contributed by atoms with Crippen LogP contribution in [0.4, 0.5) is 5.82 Å². The Labute approximate surface area is 204 Å². The van der Waals surface area contributed by atoms with Gasteiger partial charge in [0.1, 0.15) is 29.9 Å². The van der Waals surface area contributed by atoms with Gasteiger partial charge in [-0.15, -0.1) is 0 Å². The zero-order valence-corrected chi connectivity index (χ0v) is 19.6. The van der Waals surface area contributed by atoms with Gasteiger partial charge in [-0.25, -0.2) is 19.5 Å². The van der Waals surface area contributed by atoms with E-state index in [1.165, 1.54) is 10.8 Å². The standard InChI is InChI=1S/C24H21ClN8O2/c1-2-31(22-19-16(23-26-9-11-35-23)12-27-21(19)28-14-29-22)13-18-30-32-10-8-17(25)20(32)24(34)33(18)15-6-4-3-5-7-15/h3-8,10,12,14H,2,9,11,13H2,1H3,(H,27,28,29). The van der Waals surface area contributed by atoms with E-state index in [1.807, 2.05) is 43.5 Å². The SMILES string of the molecule is CCN(Cc1nn2ccc(Cl)c2c(=O)n1-c1ccccc1)c1ncnc2[nH]cc(C3=NCCO3)c12. The summed E-state index contributed by atoms with van der Waals surface area (Å²) in [6.45, 7) is 4.12. The molecule has 0 aliphatic carbocycles. The van der Waals surface area contributed by atoms with Gasteiger partial charge in [-0.1, -0.05) is 29.8 Å². The van der Waals surface area contributed by atoms with E-state index in [2.05, 4.69) is 24.8 Å². The molecule has 0 atom stereocenters. The molecular weight excluding hydrogens is 468 g/mol. The molecule has 35 heavy (non-hydrogen) atoms. The highest BCUT2D eigenvalue weighted by atomic mass is 35.5. The summed E-state index contributed by atoms with van der Waals surface area (Å²) in [7, 11) is 0. The lowest BCUT2D eigenvalue weighted by molar-refractivity contribution is 0.348. The second-order valence-corrected chi connectivity index (χ2v) is 8.43. The lowest BCUT2D eigenvalue weighted by Crippen LogP contribution is -2.32. The van der Waals surface area contributed by atoms with Crippen LogP contribution in [0.5, 0.6) is 0 Å². The van der Waals surface area contributed by atoms with Gasteiger partial charge >= 0.3 is 0 Å². The number of aromatic nitrogens is 6. The van der Waals surface area contributed by atoms with Gasteiger partial charge in [-0.05, 0) is 25.1 Å². The van der Waals surface area contributed by atoms with Crippen LogP contribution in [0.25, 0.3) is 22.2 Å². The topological polar surface area (TPSA) is 106 Å². The van der Waals surface area contributed by atoms with Crippen LogP contribution in [-0.2, 0) is 11.3 Å². The van der Waals surface area contributed by atoms with Gasteiger partial charge in [-0.2, -0.15) is 5.10 Å². The van der Waals surface area contributed by atoms with Crippen molar-refractivity contribution in [1.29, 1.82) is 0 Å². The Balaban J connectivity index is 1.52. The number of hydrogen-bond donors (Lipinski definition) is 1. The van der Waals surface area contributed by atoms with Crippen molar-refractivity contribution in [1.82, 2.24) is 29.1 Å². The van der Waals surface area contributed by atoms with Crippen LogP contribution in [0.1, 0.15) is 18.3 Å². The Bertz CT molecular complexity index is 1640. The number of rotatable bonds is 6. The minimum atomic E-state index is -0.240. The second kappa shape index (κ2) is 8.55. The maximum Gasteiger partial charge on any atom is 0.284 e. The predicted octanol–water partition coefficient (Wildman–Crippen LogP) is 3.21. The summed E-state index contributed by atoms with van der Waals surface area (Å²) in [4.78, 5) is 32.3. The van der Waals surface area contributed by atoms with Crippen molar-refractivity contribution in [2.45, 2.75) is 13.5 Å². The van der Waals surface area contributed by atoms with Crippen molar-refractivity contribution in [2.24, 2.45) is 4.99 Å². The Morgan fingerprint density at radius 1 is 1.20 bits per heavy atom. The fraction of sp³-hybridized carbons (Fsp3) is 0.208. The molecular formula is C24H21ClN8O2. The fourth-order valence-electron chi connectivity index (χ4n) is 4.38. The molecule has 1 N–H and O–H groups in total. The summed E-state index contributed by atoms with van der Waals surface area (Å²) in [6.07, 6.45) is 5.05. The number of hydrogen-bond acceptors (Lipinski definition) is 7. The highest BCUT2D eigenvalue weighted by molar-refractivity contribution is 6.33. The van der Waals surface area contributed by atoms with E-state index in [-0.39, 0.29) is 5.56 Å². The largest absolute Gasteiger partial charge is 0.475 e. The van der Waals surface area contributed by atoms with Gasteiger partial charge in [0.2, 0.25) is 5.90 Å². The third-order valence-electron chi connectivity index (χ3n) is 6.00. The second-order valence-electron chi connectivity index (χ2n) is 8.02. The minimum absolute atomic E-state index is 0.240. The first-order chi connectivity index (χ1) is 17.2. The number of H-pyrrole nitrogens is 1. The van der Waals surface area contributed by atoms with Gasteiger partial charge in [0.25, 0.3) is 5.56 Å². The van der Waals surface area contributed by atoms with Crippen molar-refractivity contribution in [2.75, 3.05) is 24.6 Å². The van der Waals surface area contributed by atoms with Crippen molar-refractivity contribution in [3.8, 4) is 5.69 Å². The van der Waals surface area contributed by atoms with Crippen LogP contribution in [0.15, 0.2) is 64.9 Å². The Morgan fingerprint density at radius 2 is 2.06 bits per heavy atom. The van der Waals surface area contributed by atoms with Gasteiger partial charge in [0.15, 0.2) is 5.82 Å². The summed E-state index contributed by atoms with van der Waals surface area (Å²) < 4.78 is 8.85. The summed E-state index contributed by atoms with van der Waals surface area (Å²) in [5, 5.41) is 5.94. The number of fused-ring (bicyclic) bond motifs is 2. The zero-order chi connectivity index (χ0) is 23.9. The molecule has 0 fully saturated rings. The summed E-state index contributed by atoms with van der Waals surface area (Å²) in [5.74, 6) is 1.82. The molecule has 11 heteroatoms. The number of anilines is 1. The van der Waals surface area contributed by atoms with Crippen LogP contribution in [-0.4, -0.2) is 54.7 Å². The van der Waals surface area contributed by atoms with E-state index in [4.69, 9.17) is 21.4 Å². The first-order valence-corrected chi connectivity index (χ1v) is 11.6. The minimum Gasteiger partial charge on any atom is -0.475 e. The average molecular weight is 489 g/mol. The number of nitrogens with one attached hydrogen (secondary N) is 1. The monoisotopic (exact) mass is 488 g/mol. The van der Waals surface area contributed by atoms with Gasteiger partial charge in [-0.3, -0.25) is 9.36 Å². The molecule has 0 saturated carbocycles. The van der Waals surface area contributed by atoms with Gasteiger partial charge in [0, 0.05) is 18.9 Å². The Hall–Kier alpha value is -4.18. The number of benzene rings is 1. The maximum atomic E-state index is 13.6. The predicted molar refractivity (Wildman–Crippen MR) is 134 cm³/mol. The summed E-state index contributed by atoms with van der Waals surface area (Å²) >= 11 is 6.32. The summed E-state index contributed by atoms with van der Waals surface area (Å²) in [5.41, 5.74) is 2.29. The van der Waals surface area contributed by atoms with E-state index in [0.717, 1.165) is 10.9 Å². The first kappa shape index (κ1) is 21.4. The number of nitrogens with zero attached hydrogens (tertiary/aromatic N) is 7. The molecule has 1 aromatic carbocycles. The maximum absolute atomic E-state index is 13.6. The molecule has 176 valence electrons. The smallest absolute Gasteiger partial charge is 0.284 e. The van der Waals surface area contributed by atoms with E-state index in [9.17, 15) is 4.79 Å². The average Bonchev–Trinajstić information content (AvgIpc) is 3.63. The number of ether oxygens (including phenoxy) is 1. The molecule has 5 heterocycles. The zero-order valence-electron chi connectivity index (χ0n) is 18.8. The molecule has 0 saturated heterocycles. The van der Waals surface area contributed by atoms with Crippen molar-refractivity contribution < 1.29 is 4.74 Å². The highest BCUT2D eigenvalue weighted by Gasteiger charge is 2.24. The van der Waals surface area contributed by atoms with Crippen LogP contribution in [0.2, 0.25) is 5.02 Å². The lowest BCUT2D eigenvalue weighted by Gasteiger charge is -2.24. The van der Waals surface area contributed by atoms with E-state index in [0.29, 0.717) is 65.7 Å². The number of para-hydroxylation sites is 1. The van der Waals surface area contributed by atoms with Crippen LogP contribution in [0, 0.1) is 0 Å². The highest BCUT2D eigenvalue weighted by Crippen LogP contribution is 2.29. The first-order valence-electron chi connectivity index (χ1n) is 11.2. The van der Waals surface area contributed by atoms with Crippen molar-refractivity contribution >= 4 is 39.9 Å². The molecule has 5 aromatic rings. The molecule has 0 unspecified atom stereocenters. The van der Waals surface area contributed by atoms with E-state index in [1.54, 1.807) is 16.8 Å². The quantitative estimate of drug-likeness (QED) is 0.393. The molecule has 0 bridgehead atoms. The molecule has 0 radical (unpaired) electrons. The molecule has 0 spiro atoms. The van der Waals surface area contributed by atoms with Crippen LogP contribution < -0.4 is 10.5 Å². The molecule has 6 rings (SSSR count). The molecule has 1 aliphatic heterocycles. The summed E-state index contributed by atoms with van der Waals surface area (Å²) in [6, 6.07) is 11.1. The Kier molecular flexibility index (Phi) is 5.22. The van der Waals surface area contributed by atoms with Crippen molar-refractivity contribution in [3.63, 3.8) is 0 Å². The van der Waals surface area contributed by atoms with E-state index < -0.39 is 0 Å². The molecule has 0 amide bonds. The third kappa shape index (κ3) is 3.53. The van der Waals surface area contributed by atoms with Crippen LogP contribution >= 0.6 is 11.6 Å². The molecule has 4 aromatic heterocycles. The van der Waals surface area contributed by atoms with Crippen LogP contribution in [0.3, 0.4) is 0 Å². The number of aliphatic imine (C=N–C) groups is 1. The number of aromatic amines is 1. The van der Waals surface area contributed by atoms with Gasteiger partial charge < -0.3 is 14.6 Å². The van der Waals surface area contributed by atoms with Crippen molar-refractivity contribution in [3.05, 3.63) is 81.9 Å². The van der Waals surface area contributed by atoms with Gasteiger partial charge in [0.05, 0.1) is 34.7 Å². The molecule has 10 nitrogen and oxygen atoms in total. The number of halogens is 1. The normalized spacial score (nSPS) is 13.4. The lowest BCUT2D eigenvalue weighted by atomic mass is 10.2. The Morgan fingerprint density at radius 3 is 2.83 bits per heavy atom. The third-order valence-corrected chi connectivity index (χ3v) is 6.30. The fourth-order valence-corrected chi connectivity index (χ4v) is 4.60. The molecule has 1 aliphatic rings.